The molecule has 2 aromatic rings. The van der Waals surface area contributed by atoms with E-state index in [9.17, 15) is 9.59 Å². The zero-order valence-corrected chi connectivity index (χ0v) is 17.7. The van der Waals surface area contributed by atoms with Crippen molar-refractivity contribution in [2.75, 3.05) is 19.6 Å². The molecule has 0 aliphatic carbocycles. The molecular formula is C26H30N2O2. The molecule has 2 aromatic carbocycles. The van der Waals surface area contributed by atoms with Crippen LogP contribution in [0.25, 0.3) is 6.08 Å². The van der Waals surface area contributed by atoms with E-state index in [2.05, 4.69) is 36.1 Å². The molecule has 0 bridgehead atoms. The first-order valence-electron chi connectivity index (χ1n) is 11.0. The van der Waals surface area contributed by atoms with E-state index in [1.165, 1.54) is 11.1 Å². The summed E-state index contributed by atoms with van der Waals surface area (Å²) in [6, 6.07) is 18.6. The molecule has 2 aliphatic rings. The Bertz CT molecular complexity index is 896. The quantitative estimate of drug-likeness (QED) is 0.701. The molecule has 0 radical (unpaired) electrons. The highest BCUT2D eigenvalue weighted by molar-refractivity contribution is 5.92. The lowest BCUT2D eigenvalue weighted by Gasteiger charge is -2.34. The third-order valence-electron chi connectivity index (χ3n) is 6.37. The molecule has 4 nitrogen and oxygen atoms in total. The van der Waals surface area contributed by atoms with E-state index in [1.807, 2.05) is 41.3 Å². The van der Waals surface area contributed by atoms with Crippen molar-refractivity contribution >= 4 is 17.9 Å². The van der Waals surface area contributed by atoms with Gasteiger partial charge in [0.05, 0.1) is 6.04 Å². The summed E-state index contributed by atoms with van der Waals surface area (Å²) in [4.78, 5) is 29.7. The molecule has 2 fully saturated rings. The van der Waals surface area contributed by atoms with Gasteiger partial charge in [-0.05, 0) is 49.8 Å². The fourth-order valence-corrected chi connectivity index (χ4v) is 4.58. The number of amides is 2. The molecule has 2 amide bonds. The van der Waals surface area contributed by atoms with E-state index in [-0.39, 0.29) is 23.8 Å². The van der Waals surface area contributed by atoms with E-state index in [4.69, 9.17) is 0 Å². The molecule has 4 heteroatoms. The third-order valence-corrected chi connectivity index (χ3v) is 6.37. The molecule has 1 unspecified atom stereocenters. The number of nitrogens with zero attached hydrogens (tertiary/aromatic N) is 2. The summed E-state index contributed by atoms with van der Waals surface area (Å²) < 4.78 is 0. The number of hydrogen-bond donors (Lipinski definition) is 0. The van der Waals surface area contributed by atoms with Gasteiger partial charge in [-0.1, -0.05) is 60.2 Å². The lowest BCUT2D eigenvalue weighted by Crippen LogP contribution is -2.43. The second kappa shape index (κ2) is 9.29. The van der Waals surface area contributed by atoms with Crippen LogP contribution in [0.1, 0.15) is 48.4 Å². The summed E-state index contributed by atoms with van der Waals surface area (Å²) >= 11 is 0. The fraction of sp³-hybridized carbons (Fsp3) is 0.385. The summed E-state index contributed by atoms with van der Waals surface area (Å²) in [5.41, 5.74) is 3.50. The van der Waals surface area contributed by atoms with Gasteiger partial charge in [0.15, 0.2) is 0 Å². The van der Waals surface area contributed by atoms with Crippen molar-refractivity contribution in [2.45, 2.75) is 38.6 Å². The van der Waals surface area contributed by atoms with Crippen molar-refractivity contribution in [3.8, 4) is 0 Å². The van der Waals surface area contributed by atoms with Crippen molar-refractivity contribution in [3.63, 3.8) is 0 Å². The molecule has 2 aliphatic heterocycles. The van der Waals surface area contributed by atoms with E-state index in [0.717, 1.165) is 37.8 Å². The molecule has 2 saturated heterocycles. The van der Waals surface area contributed by atoms with Crippen LogP contribution in [0.5, 0.6) is 0 Å². The zero-order chi connectivity index (χ0) is 20.9. The molecule has 0 N–H and O–H groups in total. The lowest BCUT2D eigenvalue weighted by molar-refractivity contribution is -0.140. The van der Waals surface area contributed by atoms with Crippen molar-refractivity contribution < 1.29 is 9.59 Å². The Hall–Kier alpha value is -2.88. The van der Waals surface area contributed by atoms with Gasteiger partial charge in [0.2, 0.25) is 11.8 Å². The van der Waals surface area contributed by atoms with Crippen LogP contribution in [-0.2, 0) is 9.59 Å². The van der Waals surface area contributed by atoms with E-state index in [1.54, 1.807) is 6.08 Å². The van der Waals surface area contributed by atoms with Crippen LogP contribution in [0.4, 0.5) is 0 Å². The highest BCUT2D eigenvalue weighted by atomic mass is 16.2. The largest absolute Gasteiger partial charge is 0.339 e. The Morgan fingerprint density at radius 1 is 0.900 bits per heavy atom. The van der Waals surface area contributed by atoms with Crippen LogP contribution in [0.2, 0.25) is 0 Å². The van der Waals surface area contributed by atoms with Crippen LogP contribution >= 0.6 is 0 Å². The van der Waals surface area contributed by atoms with Gasteiger partial charge in [-0.15, -0.1) is 0 Å². The minimum Gasteiger partial charge on any atom is -0.339 e. The minimum absolute atomic E-state index is 0.0261. The van der Waals surface area contributed by atoms with Gasteiger partial charge in [0, 0.05) is 31.6 Å². The number of hydrogen-bond acceptors (Lipinski definition) is 2. The Morgan fingerprint density at radius 3 is 2.30 bits per heavy atom. The summed E-state index contributed by atoms with van der Waals surface area (Å²) in [5, 5.41) is 0. The smallest absolute Gasteiger partial charge is 0.246 e. The summed E-state index contributed by atoms with van der Waals surface area (Å²) in [5.74, 6) is 0.326. The molecule has 4 rings (SSSR count). The van der Waals surface area contributed by atoms with Crippen molar-refractivity contribution in [3.05, 3.63) is 77.4 Å². The number of rotatable bonds is 4. The van der Waals surface area contributed by atoms with Gasteiger partial charge in [-0.3, -0.25) is 9.59 Å². The van der Waals surface area contributed by atoms with Gasteiger partial charge in [-0.2, -0.15) is 0 Å². The van der Waals surface area contributed by atoms with Crippen LogP contribution in [0, 0.1) is 12.8 Å². The van der Waals surface area contributed by atoms with E-state index >= 15 is 0 Å². The second-order valence-corrected chi connectivity index (χ2v) is 8.44. The number of likely N-dealkylation sites (tertiary alicyclic amines) is 2. The van der Waals surface area contributed by atoms with Gasteiger partial charge in [0.25, 0.3) is 0 Å². The molecule has 0 aromatic heterocycles. The first-order chi connectivity index (χ1) is 14.6. The van der Waals surface area contributed by atoms with Crippen LogP contribution in [0.15, 0.2) is 60.7 Å². The Labute approximate surface area is 179 Å². The number of carbonyl (C=O) groups is 2. The van der Waals surface area contributed by atoms with Crippen molar-refractivity contribution in [1.29, 1.82) is 0 Å². The monoisotopic (exact) mass is 402 g/mol. The highest BCUT2D eigenvalue weighted by Gasteiger charge is 2.35. The predicted octanol–water partition coefficient (Wildman–Crippen LogP) is 4.61. The molecule has 30 heavy (non-hydrogen) atoms. The maximum Gasteiger partial charge on any atom is 0.246 e. The third kappa shape index (κ3) is 4.64. The number of piperidine rings is 1. The molecule has 0 saturated carbocycles. The van der Waals surface area contributed by atoms with Crippen LogP contribution in [0.3, 0.4) is 0 Å². The maximum atomic E-state index is 13.2. The van der Waals surface area contributed by atoms with Gasteiger partial charge in [-0.25, -0.2) is 0 Å². The minimum atomic E-state index is 0.0261. The predicted molar refractivity (Wildman–Crippen MR) is 120 cm³/mol. The van der Waals surface area contributed by atoms with Crippen LogP contribution in [-0.4, -0.2) is 41.2 Å². The molecule has 2 heterocycles. The highest BCUT2D eigenvalue weighted by Crippen LogP contribution is 2.34. The Balaban J connectivity index is 1.33. The van der Waals surface area contributed by atoms with Gasteiger partial charge < -0.3 is 9.80 Å². The summed E-state index contributed by atoms with van der Waals surface area (Å²) in [6.07, 6.45) is 7.10. The van der Waals surface area contributed by atoms with Gasteiger partial charge >= 0.3 is 0 Å². The Morgan fingerprint density at radius 2 is 1.60 bits per heavy atom. The molecule has 0 spiro atoms. The SMILES string of the molecule is Cc1ccc(C2CCCN2C(=O)C2CCN(C(=O)/C=C/c3ccccc3)CC2)cc1. The van der Waals surface area contributed by atoms with Crippen molar-refractivity contribution in [2.24, 2.45) is 5.92 Å². The number of benzene rings is 2. The zero-order valence-electron chi connectivity index (χ0n) is 17.7. The average molecular weight is 403 g/mol. The first-order valence-corrected chi connectivity index (χ1v) is 11.0. The van der Waals surface area contributed by atoms with Crippen LogP contribution < -0.4 is 0 Å². The topological polar surface area (TPSA) is 40.6 Å². The Kier molecular flexibility index (Phi) is 6.32. The molecule has 156 valence electrons. The number of carbonyl (C=O) groups excluding carboxylic acids is 2. The summed E-state index contributed by atoms with van der Waals surface area (Å²) in [6.45, 7) is 4.23. The van der Waals surface area contributed by atoms with E-state index in [0.29, 0.717) is 13.1 Å². The summed E-state index contributed by atoms with van der Waals surface area (Å²) in [7, 11) is 0. The second-order valence-electron chi connectivity index (χ2n) is 8.44. The number of aryl methyl sites for hydroxylation is 1. The fourth-order valence-electron chi connectivity index (χ4n) is 4.58. The average Bonchev–Trinajstić information content (AvgIpc) is 3.28. The normalized spacial score (nSPS) is 20.1. The maximum absolute atomic E-state index is 13.2. The first kappa shape index (κ1) is 20.4. The van der Waals surface area contributed by atoms with Gasteiger partial charge in [0.1, 0.15) is 0 Å². The molecular weight excluding hydrogens is 372 g/mol. The lowest BCUT2D eigenvalue weighted by atomic mass is 9.94. The van der Waals surface area contributed by atoms with Crippen molar-refractivity contribution in [1.82, 2.24) is 9.80 Å². The standard InChI is InChI=1S/C26H30N2O2/c1-20-9-12-22(13-10-20)24-8-5-17-28(24)26(30)23-15-18-27(19-16-23)25(29)14-11-21-6-3-2-4-7-21/h2-4,6-7,9-14,23-24H,5,8,15-19H2,1H3/b14-11+. The molecule has 1 atom stereocenters. The van der Waals surface area contributed by atoms with E-state index < -0.39 is 0 Å².